The Kier molecular flexibility index (Phi) is 4.94. The van der Waals surface area contributed by atoms with Crippen molar-refractivity contribution >= 4 is 21.9 Å². The summed E-state index contributed by atoms with van der Waals surface area (Å²) in [6, 6.07) is 15.6. The second-order valence-corrected chi connectivity index (χ2v) is 6.47. The van der Waals surface area contributed by atoms with Crippen LogP contribution in [0.1, 0.15) is 15.9 Å². The molecule has 5 nitrogen and oxygen atoms in total. The third-order valence-electron chi connectivity index (χ3n) is 3.08. The van der Waals surface area contributed by atoms with Crippen LogP contribution in [0.4, 0.5) is 0 Å². The van der Waals surface area contributed by atoms with E-state index in [4.69, 9.17) is 0 Å². The third-order valence-corrected chi connectivity index (χ3v) is 4.76. The number of carbonyl (C=O) groups is 1. The number of sulfone groups is 1. The Labute approximate surface area is 134 Å². The average Bonchev–Trinajstić information content (AvgIpc) is 2.60. The van der Waals surface area contributed by atoms with E-state index >= 15 is 0 Å². The molecule has 0 heterocycles. The number of methoxy groups -OCH3 is 1. The SMILES string of the molecule is COC(=O)c1ccc(/C=C(/C#N)S(=O)(=O)c2ccccc2)cc1. The lowest BCUT2D eigenvalue weighted by Crippen LogP contribution is -2.03. The Morgan fingerprint density at radius 1 is 1.09 bits per heavy atom. The quantitative estimate of drug-likeness (QED) is 0.637. The minimum absolute atomic E-state index is 0.0546. The number of ether oxygens (including phenoxy) is 1. The van der Waals surface area contributed by atoms with E-state index in [1.807, 2.05) is 0 Å². The molecular weight excluding hydrogens is 314 g/mol. The molecule has 0 aromatic heterocycles. The number of nitrogens with zero attached hydrogens (tertiary/aromatic N) is 1. The molecule has 0 atom stereocenters. The van der Waals surface area contributed by atoms with Crippen LogP contribution in [-0.2, 0) is 14.6 Å². The van der Waals surface area contributed by atoms with Gasteiger partial charge in [-0.1, -0.05) is 30.3 Å². The van der Waals surface area contributed by atoms with Crippen LogP contribution in [0.3, 0.4) is 0 Å². The van der Waals surface area contributed by atoms with Gasteiger partial charge in [0.2, 0.25) is 9.84 Å². The van der Waals surface area contributed by atoms with Gasteiger partial charge in [-0.2, -0.15) is 5.26 Å². The monoisotopic (exact) mass is 327 g/mol. The number of nitriles is 1. The number of benzene rings is 2. The maximum atomic E-state index is 12.4. The van der Waals surface area contributed by atoms with Crippen LogP contribution in [-0.4, -0.2) is 21.5 Å². The lowest BCUT2D eigenvalue weighted by Gasteiger charge is -2.03. The molecule has 2 aromatic rings. The van der Waals surface area contributed by atoms with Gasteiger partial charge in [0.1, 0.15) is 11.0 Å². The molecule has 0 aliphatic heterocycles. The number of esters is 1. The minimum Gasteiger partial charge on any atom is -0.465 e. The van der Waals surface area contributed by atoms with Crippen LogP contribution in [0.15, 0.2) is 64.4 Å². The molecule has 0 amide bonds. The van der Waals surface area contributed by atoms with Crippen molar-refractivity contribution in [1.29, 1.82) is 5.26 Å². The maximum absolute atomic E-state index is 12.4. The zero-order chi connectivity index (χ0) is 16.9. The molecule has 2 aromatic carbocycles. The standard InChI is InChI=1S/C17H13NO4S/c1-22-17(19)14-9-7-13(8-10-14)11-16(12-18)23(20,21)15-5-3-2-4-6-15/h2-11H,1H3/b16-11-. The van der Waals surface area contributed by atoms with Crippen molar-refractivity contribution < 1.29 is 17.9 Å². The Morgan fingerprint density at radius 3 is 2.22 bits per heavy atom. The van der Waals surface area contributed by atoms with Crippen molar-refractivity contribution in [2.75, 3.05) is 7.11 Å². The van der Waals surface area contributed by atoms with Gasteiger partial charge in [-0.15, -0.1) is 0 Å². The largest absolute Gasteiger partial charge is 0.465 e. The first-order valence-electron chi connectivity index (χ1n) is 6.59. The molecule has 116 valence electrons. The van der Waals surface area contributed by atoms with Gasteiger partial charge in [0, 0.05) is 0 Å². The van der Waals surface area contributed by atoms with Gasteiger partial charge >= 0.3 is 5.97 Å². The van der Waals surface area contributed by atoms with Crippen LogP contribution in [0.25, 0.3) is 6.08 Å². The second kappa shape index (κ2) is 6.90. The number of allylic oxidation sites excluding steroid dienone is 1. The van der Waals surface area contributed by atoms with Gasteiger partial charge < -0.3 is 4.74 Å². The molecule has 2 rings (SSSR count). The number of rotatable bonds is 4. The molecule has 0 saturated heterocycles. The van der Waals surface area contributed by atoms with Gasteiger partial charge in [-0.3, -0.25) is 0 Å². The maximum Gasteiger partial charge on any atom is 0.337 e. The number of hydrogen-bond acceptors (Lipinski definition) is 5. The van der Waals surface area contributed by atoms with Gasteiger partial charge in [0.25, 0.3) is 0 Å². The highest BCUT2D eigenvalue weighted by molar-refractivity contribution is 7.95. The first kappa shape index (κ1) is 16.5. The van der Waals surface area contributed by atoms with Crippen LogP contribution in [0, 0.1) is 11.3 Å². The third kappa shape index (κ3) is 3.65. The summed E-state index contributed by atoms with van der Waals surface area (Å²) in [5.74, 6) is -0.488. The molecule has 0 spiro atoms. The Hall–Kier alpha value is -2.91. The Bertz CT molecular complexity index is 876. The van der Waals surface area contributed by atoms with Gasteiger partial charge in [-0.25, -0.2) is 13.2 Å². The zero-order valence-corrected chi connectivity index (χ0v) is 13.1. The fourth-order valence-electron chi connectivity index (χ4n) is 1.88. The minimum atomic E-state index is -3.87. The van der Waals surface area contributed by atoms with E-state index in [9.17, 15) is 18.5 Å². The molecule has 0 aliphatic carbocycles. The van der Waals surface area contributed by atoms with Crippen molar-refractivity contribution in [2.45, 2.75) is 4.90 Å². The van der Waals surface area contributed by atoms with Crippen molar-refractivity contribution in [3.63, 3.8) is 0 Å². The van der Waals surface area contributed by atoms with E-state index < -0.39 is 15.8 Å². The van der Waals surface area contributed by atoms with E-state index in [0.29, 0.717) is 11.1 Å². The number of hydrogen-bond donors (Lipinski definition) is 0. The summed E-state index contributed by atoms with van der Waals surface area (Å²) in [5, 5.41) is 9.19. The fraction of sp³-hybridized carbons (Fsp3) is 0.0588. The molecule has 0 fully saturated rings. The van der Waals surface area contributed by atoms with Gasteiger partial charge in [0.15, 0.2) is 0 Å². The molecule has 6 heteroatoms. The van der Waals surface area contributed by atoms with Crippen LogP contribution < -0.4 is 0 Å². The fourth-order valence-corrected chi connectivity index (χ4v) is 3.06. The molecule has 0 N–H and O–H groups in total. The second-order valence-electron chi connectivity index (χ2n) is 4.55. The summed E-state index contributed by atoms with van der Waals surface area (Å²) >= 11 is 0. The lowest BCUT2D eigenvalue weighted by molar-refractivity contribution is 0.0600. The molecule has 23 heavy (non-hydrogen) atoms. The lowest BCUT2D eigenvalue weighted by atomic mass is 10.1. The topological polar surface area (TPSA) is 84.2 Å². The summed E-state index contributed by atoms with van der Waals surface area (Å²) in [6.07, 6.45) is 1.27. The highest BCUT2D eigenvalue weighted by Gasteiger charge is 2.20. The van der Waals surface area contributed by atoms with Crippen molar-refractivity contribution in [2.24, 2.45) is 0 Å². The Morgan fingerprint density at radius 2 is 1.70 bits per heavy atom. The molecule has 0 radical (unpaired) electrons. The van der Waals surface area contributed by atoms with Crippen molar-refractivity contribution in [3.05, 3.63) is 70.6 Å². The Balaban J connectivity index is 2.40. The summed E-state index contributed by atoms with van der Waals surface area (Å²) in [7, 11) is -2.60. The van der Waals surface area contributed by atoms with E-state index in [2.05, 4.69) is 4.74 Å². The molecule has 0 saturated carbocycles. The molecule has 0 aliphatic rings. The summed E-state index contributed by atoms with van der Waals surface area (Å²) in [6.45, 7) is 0. The molecule has 0 unspecified atom stereocenters. The van der Waals surface area contributed by atoms with Crippen molar-refractivity contribution in [3.8, 4) is 6.07 Å². The predicted octanol–water partition coefficient (Wildman–Crippen LogP) is 2.81. The van der Waals surface area contributed by atoms with Crippen LogP contribution in [0.2, 0.25) is 0 Å². The molecular formula is C17H13NO4S. The van der Waals surface area contributed by atoms with E-state index in [-0.39, 0.29) is 9.80 Å². The summed E-state index contributed by atoms with van der Waals surface area (Å²) in [4.78, 5) is 11.0. The summed E-state index contributed by atoms with van der Waals surface area (Å²) in [5.41, 5.74) is 0.836. The predicted molar refractivity (Wildman–Crippen MR) is 85.0 cm³/mol. The van der Waals surface area contributed by atoms with Gasteiger partial charge in [0.05, 0.1) is 17.6 Å². The van der Waals surface area contributed by atoms with Crippen LogP contribution >= 0.6 is 0 Å². The van der Waals surface area contributed by atoms with E-state index in [0.717, 1.165) is 0 Å². The average molecular weight is 327 g/mol. The molecule has 0 bridgehead atoms. The zero-order valence-electron chi connectivity index (χ0n) is 12.3. The van der Waals surface area contributed by atoms with E-state index in [1.165, 1.54) is 37.5 Å². The highest BCUT2D eigenvalue weighted by atomic mass is 32.2. The first-order chi connectivity index (χ1) is 11.0. The highest BCUT2D eigenvalue weighted by Crippen LogP contribution is 2.21. The van der Waals surface area contributed by atoms with Gasteiger partial charge in [-0.05, 0) is 35.9 Å². The number of carbonyl (C=O) groups excluding carboxylic acids is 1. The van der Waals surface area contributed by atoms with E-state index in [1.54, 1.807) is 36.4 Å². The first-order valence-corrected chi connectivity index (χ1v) is 8.07. The van der Waals surface area contributed by atoms with Crippen LogP contribution in [0.5, 0.6) is 0 Å². The van der Waals surface area contributed by atoms with Crippen molar-refractivity contribution in [1.82, 2.24) is 0 Å². The normalized spacial score (nSPS) is 11.6. The summed E-state index contributed by atoms with van der Waals surface area (Å²) < 4.78 is 29.4. The smallest absolute Gasteiger partial charge is 0.337 e.